The summed E-state index contributed by atoms with van der Waals surface area (Å²) in [7, 11) is 1.51. The van der Waals surface area contributed by atoms with Crippen LogP contribution in [-0.4, -0.2) is 13.1 Å². The molecule has 0 aromatic heterocycles. The van der Waals surface area contributed by atoms with E-state index >= 15 is 0 Å². The van der Waals surface area contributed by atoms with Gasteiger partial charge in [0, 0.05) is 0 Å². The molecule has 0 amide bonds. The van der Waals surface area contributed by atoms with E-state index in [1.807, 2.05) is 0 Å². The Kier molecular flexibility index (Phi) is 3.33. The molecule has 0 aromatic carbocycles. The summed E-state index contributed by atoms with van der Waals surface area (Å²) in [5.41, 5.74) is 1.61. The summed E-state index contributed by atoms with van der Waals surface area (Å²) in [5, 5.41) is 0. The lowest BCUT2D eigenvalue weighted by Crippen LogP contribution is -2.50. The van der Waals surface area contributed by atoms with Crippen LogP contribution in [0.3, 0.4) is 0 Å². The Morgan fingerprint density at radius 3 is 2.61 bits per heavy atom. The Bertz CT molecular complexity index is 381. The van der Waals surface area contributed by atoms with E-state index in [2.05, 4.69) is 33.8 Å². The lowest BCUT2D eigenvalue weighted by atomic mass is 9.49. The second kappa shape index (κ2) is 4.40. The summed E-state index contributed by atoms with van der Waals surface area (Å²) in [6, 6.07) is 0. The van der Waals surface area contributed by atoms with Gasteiger partial charge in [-0.1, -0.05) is 38.8 Å². The molecule has 2 heteroatoms. The fourth-order valence-electron chi connectivity index (χ4n) is 4.61. The Morgan fingerprint density at radius 1 is 1.33 bits per heavy atom. The molecule has 18 heavy (non-hydrogen) atoms. The molecule has 2 rings (SSSR count). The summed E-state index contributed by atoms with van der Waals surface area (Å²) in [6.07, 6.45) is 7.02. The second-order valence-corrected chi connectivity index (χ2v) is 7.04. The number of carbonyl (C=O) groups excluding carboxylic acids is 1. The van der Waals surface area contributed by atoms with E-state index in [-0.39, 0.29) is 17.3 Å². The molecule has 2 aliphatic rings. The number of esters is 1. The van der Waals surface area contributed by atoms with Crippen LogP contribution in [0.25, 0.3) is 0 Å². The van der Waals surface area contributed by atoms with E-state index < -0.39 is 0 Å². The van der Waals surface area contributed by atoms with Crippen molar-refractivity contribution in [1.29, 1.82) is 0 Å². The smallest absolute Gasteiger partial charge is 0.313 e. The van der Waals surface area contributed by atoms with Gasteiger partial charge in [-0.15, -0.1) is 0 Å². The second-order valence-electron chi connectivity index (χ2n) is 7.04. The van der Waals surface area contributed by atoms with Gasteiger partial charge in [-0.25, -0.2) is 0 Å². The highest BCUT2D eigenvalue weighted by molar-refractivity contribution is 5.77. The maximum Gasteiger partial charge on any atom is 0.313 e. The van der Waals surface area contributed by atoms with Crippen LogP contribution in [0.15, 0.2) is 11.6 Å². The topological polar surface area (TPSA) is 26.3 Å². The molecule has 0 N–H and O–H groups in total. The number of fused-ring (bicyclic) bond motifs is 1. The van der Waals surface area contributed by atoms with Crippen LogP contribution < -0.4 is 0 Å². The van der Waals surface area contributed by atoms with Gasteiger partial charge in [0.05, 0.1) is 13.0 Å². The molecule has 0 aromatic rings. The van der Waals surface area contributed by atoms with E-state index in [4.69, 9.17) is 4.74 Å². The summed E-state index contributed by atoms with van der Waals surface area (Å²) in [4.78, 5) is 12.2. The zero-order valence-corrected chi connectivity index (χ0v) is 12.4. The molecule has 0 aliphatic heterocycles. The fraction of sp³-hybridized carbons (Fsp3) is 0.812. The van der Waals surface area contributed by atoms with Crippen molar-refractivity contribution in [2.24, 2.45) is 22.7 Å². The third-order valence-corrected chi connectivity index (χ3v) is 5.50. The van der Waals surface area contributed by atoms with Crippen molar-refractivity contribution in [2.75, 3.05) is 7.11 Å². The third-order valence-electron chi connectivity index (χ3n) is 5.50. The molecule has 0 heterocycles. The Hall–Kier alpha value is -0.790. The minimum Gasteiger partial charge on any atom is -0.469 e. The van der Waals surface area contributed by atoms with Gasteiger partial charge in [-0.2, -0.15) is 0 Å². The largest absolute Gasteiger partial charge is 0.469 e. The number of hydrogen-bond donors (Lipinski definition) is 0. The molecule has 1 unspecified atom stereocenters. The first kappa shape index (κ1) is 13.6. The van der Waals surface area contributed by atoms with Crippen LogP contribution in [0.5, 0.6) is 0 Å². The monoisotopic (exact) mass is 250 g/mol. The minimum atomic E-state index is -0.0475. The van der Waals surface area contributed by atoms with E-state index in [1.165, 1.54) is 25.5 Å². The maximum atomic E-state index is 12.2. The first-order chi connectivity index (χ1) is 8.33. The van der Waals surface area contributed by atoms with Crippen LogP contribution >= 0.6 is 0 Å². The molecule has 0 bridgehead atoms. The highest BCUT2D eigenvalue weighted by Crippen LogP contribution is 2.59. The number of allylic oxidation sites excluding steroid dienone is 1. The molecule has 3 atom stereocenters. The van der Waals surface area contributed by atoms with Crippen LogP contribution in [0, 0.1) is 22.7 Å². The number of ether oxygens (including phenoxy) is 1. The lowest BCUT2D eigenvalue weighted by Gasteiger charge is -2.55. The Morgan fingerprint density at radius 2 is 2.00 bits per heavy atom. The highest BCUT2D eigenvalue weighted by atomic mass is 16.5. The van der Waals surface area contributed by atoms with Crippen molar-refractivity contribution < 1.29 is 9.53 Å². The summed E-state index contributed by atoms with van der Waals surface area (Å²) >= 11 is 0. The minimum absolute atomic E-state index is 0.0409. The average molecular weight is 250 g/mol. The molecule has 2 aliphatic carbocycles. The molecule has 0 spiro atoms. The van der Waals surface area contributed by atoms with Crippen LogP contribution in [0.1, 0.15) is 53.4 Å². The summed E-state index contributed by atoms with van der Waals surface area (Å²) in [6.45, 7) is 9.11. The number of rotatable bonds is 1. The zero-order chi connectivity index (χ0) is 13.6. The van der Waals surface area contributed by atoms with Crippen LogP contribution in [-0.2, 0) is 9.53 Å². The molecular weight excluding hydrogens is 224 g/mol. The zero-order valence-electron chi connectivity index (χ0n) is 12.4. The molecule has 1 fully saturated rings. The van der Waals surface area contributed by atoms with Crippen molar-refractivity contribution >= 4 is 5.97 Å². The van der Waals surface area contributed by atoms with Crippen molar-refractivity contribution in [3.8, 4) is 0 Å². The predicted octanol–water partition coefficient (Wildman–Crippen LogP) is 3.96. The standard InChI is InChI=1S/C16H26O2/c1-11-7-8-12-15(2,3)9-6-10-16(12,4)13(11)14(17)18-5/h7,12-13H,6,8-10H2,1-5H3/t12-,13?,16-/m0/s1. The van der Waals surface area contributed by atoms with Crippen molar-refractivity contribution in [1.82, 2.24) is 0 Å². The van der Waals surface area contributed by atoms with Gasteiger partial charge in [-0.3, -0.25) is 4.79 Å². The summed E-state index contributed by atoms with van der Waals surface area (Å²) < 4.78 is 5.06. The van der Waals surface area contributed by atoms with Gasteiger partial charge in [0.2, 0.25) is 0 Å². The first-order valence-electron chi connectivity index (χ1n) is 7.07. The quantitative estimate of drug-likeness (QED) is 0.520. The van der Waals surface area contributed by atoms with E-state index in [9.17, 15) is 4.79 Å². The van der Waals surface area contributed by atoms with Gasteiger partial charge in [0.25, 0.3) is 0 Å². The fourth-order valence-corrected chi connectivity index (χ4v) is 4.61. The van der Waals surface area contributed by atoms with Crippen molar-refractivity contribution in [3.05, 3.63) is 11.6 Å². The number of hydrogen-bond acceptors (Lipinski definition) is 2. The third kappa shape index (κ3) is 1.90. The van der Waals surface area contributed by atoms with Gasteiger partial charge >= 0.3 is 5.97 Å². The predicted molar refractivity (Wildman–Crippen MR) is 73.1 cm³/mol. The highest BCUT2D eigenvalue weighted by Gasteiger charge is 2.54. The molecule has 1 saturated carbocycles. The van der Waals surface area contributed by atoms with Gasteiger partial charge in [0.1, 0.15) is 0 Å². The van der Waals surface area contributed by atoms with Crippen molar-refractivity contribution in [3.63, 3.8) is 0 Å². The normalized spacial score (nSPS) is 38.6. The van der Waals surface area contributed by atoms with Crippen LogP contribution in [0.4, 0.5) is 0 Å². The molecular formula is C16H26O2. The van der Waals surface area contributed by atoms with E-state index in [0.29, 0.717) is 11.3 Å². The van der Waals surface area contributed by atoms with Gasteiger partial charge in [0.15, 0.2) is 0 Å². The molecule has 2 nitrogen and oxygen atoms in total. The maximum absolute atomic E-state index is 12.2. The van der Waals surface area contributed by atoms with E-state index in [0.717, 1.165) is 12.8 Å². The molecule has 102 valence electrons. The molecule has 0 radical (unpaired) electrons. The Labute approximate surface area is 111 Å². The summed E-state index contributed by atoms with van der Waals surface area (Å²) in [5.74, 6) is 0.501. The van der Waals surface area contributed by atoms with E-state index in [1.54, 1.807) is 0 Å². The SMILES string of the molecule is COC(=O)C1C(C)=CC[C@H]2C(C)(C)CCC[C@]12C. The first-order valence-corrected chi connectivity index (χ1v) is 7.07. The average Bonchev–Trinajstić information content (AvgIpc) is 2.26. The van der Waals surface area contributed by atoms with Crippen LogP contribution in [0.2, 0.25) is 0 Å². The number of carbonyl (C=O) groups is 1. The lowest BCUT2D eigenvalue weighted by molar-refractivity contribution is -0.154. The number of methoxy groups -OCH3 is 1. The van der Waals surface area contributed by atoms with Crippen molar-refractivity contribution in [2.45, 2.75) is 53.4 Å². The Balaban J connectivity index is 2.44. The van der Waals surface area contributed by atoms with Gasteiger partial charge in [-0.05, 0) is 42.9 Å². The van der Waals surface area contributed by atoms with Gasteiger partial charge < -0.3 is 4.74 Å². The molecule has 0 saturated heterocycles.